The van der Waals surface area contributed by atoms with E-state index >= 15 is 0 Å². The number of halogens is 5. The fourth-order valence-corrected chi connectivity index (χ4v) is 3.70. The van der Waals surface area contributed by atoms with Crippen molar-refractivity contribution in [3.05, 3.63) is 87.5 Å². The Labute approximate surface area is 186 Å². The molecule has 3 rings (SSSR count). The molecular weight excluding hydrogens is 450 g/mol. The van der Waals surface area contributed by atoms with Gasteiger partial charge in [-0.25, -0.2) is 0 Å². The number of nitriles is 1. The van der Waals surface area contributed by atoms with E-state index in [2.05, 4.69) is 10.3 Å². The third-order valence-electron chi connectivity index (χ3n) is 4.53. The van der Waals surface area contributed by atoms with Crippen molar-refractivity contribution in [1.82, 2.24) is 10.3 Å². The van der Waals surface area contributed by atoms with Crippen LogP contribution in [0.4, 0.5) is 13.2 Å². The molecule has 0 fully saturated rings. The fraction of sp³-hybridized carbons (Fsp3) is 0.182. The number of pyridine rings is 1. The number of aliphatic hydroxyl groups excluding tert-OH is 1. The number of rotatable bonds is 6. The average Bonchev–Trinajstić information content (AvgIpc) is 2.72. The highest BCUT2D eigenvalue weighted by atomic mass is 35.5. The smallest absolute Gasteiger partial charge is 0.386 e. The molecule has 2 aromatic carbocycles. The van der Waals surface area contributed by atoms with Gasteiger partial charge >= 0.3 is 6.18 Å². The molecule has 2 N–H and O–H groups in total. The third-order valence-corrected chi connectivity index (χ3v) is 4.97. The number of aliphatic hydroxyl groups is 1. The van der Waals surface area contributed by atoms with Crippen molar-refractivity contribution in [3.63, 3.8) is 0 Å². The van der Waals surface area contributed by atoms with Gasteiger partial charge in [-0.15, -0.1) is 0 Å². The molecule has 0 unspecified atom stereocenters. The van der Waals surface area contributed by atoms with E-state index in [1.165, 1.54) is 36.5 Å². The first kappa shape index (κ1) is 23.0. The highest BCUT2D eigenvalue weighted by Gasteiger charge is 2.32. The Morgan fingerprint density at radius 1 is 1.06 bits per heavy atom. The fourth-order valence-electron chi connectivity index (χ4n) is 3.17. The molecule has 4 nitrogen and oxygen atoms in total. The van der Waals surface area contributed by atoms with E-state index in [4.69, 9.17) is 28.5 Å². The Balaban J connectivity index is 2.05. The monoisotopic (exact) mass is 465 g/mol. The molecule has 9 heteroatoms. The summed E-state index contributed by atoms with van der Waals surface area (Å²) in [6, 6.07) is 14.7. The third kappa shape index (κ3) is 5.96. The van der Waals surface area contributed by atoms with Crippen molar-refractivity contribution in [2.24, 2.45) is 0 Å². The maximum absolute atomic E-state index is 12.9. The molecule has 1 heterocycles. The Morgan fingerprint density at radius 2 is 1.71 bits per heavy atom. The molecule has 0 aliphatic rings. The highest BCUT2D eigenvalue weighted by Crippen LogP contribution is 2.36. The number of hydrogen-bond donors (Lipinski definition) is 2. The lowest BCUT2D eigenvalue weighted by atomic mass is 9.92. The van der Waals surface area contributed by atoms with Gasteiger partial charge in [0.25, 0.3) is 0 Å². The Morgan fingerprint density at radius 3 is 2.29 bits per heavy atom. The quantitative estimate of drug-likeness (QED) is 0.478. The maximum Gasteiger partial charge on any atom is 0.401 e. The zero-order chi connectivity index (χ0) is 22.6. The lowest BCUT2D eigenvalue weighted by molar-refractivity contribution is -0.128. The lowest BCUT2D eigenvalue weighted by Gasteiger charge is -2.27. The second kappa shape index (κ2) is 9.67. The predicted molar refractivity (Wildman–Crippen MR) is 113 cm³/mol. The largest absolute Gasteiger partial charge is 0.401 e. The number of alkyl halides is 3. The first-order valence-corrected chi connectivity index (χ1v) is 9.83. The van der Waals surface area contributed by atoms with Gasteiger partial charge in [0.2, 0.25) is 0 Å². The summed E-state index contributed by atoms with van der Waals surface area (Å²) in [5.41, 5.74) is 1.89. The summed E-state index contributed by atoms with van der Waals surface area (Å²) in [5.74, 6) is 0. The van der Waals surface area contributed by atoms with E-state index in [0.717, 1.165) is 0 Å². The molecule has 0 aliphatic heterocycles. The van der Waals surface area contributed by atoms with Crippen LogP contribution in [-0.2, 0) is 0 Å². The van der Waals surface area contributed by atoms with Crippen molar-refractivity contribution in [2.45, 2.75) is 18.3 Å². The summed E-state index contributed by atoms with van der Waals surface area (Å²) in [5, 5.41) is 23.2. The van der Waals surface area contributed by atoms with Crippen molar-refractivity contribution in [2.75, 3.05) is 6.54 Å². The molecular formula is C22H16Cl2F3N3O. The zero-order valence-electron chi connectivity index (χ0n) is 15.9. The van der Waals surface area contributed by atoms with E-state index in [-0.39, 0.29) is 0 Å². The van der Waals surface area contributed by atoms with E-state index in [1.54, 1.807) is 24.3 Å². The topological polar surface area (TPSA) is 68.9 Å². The SMILES string of the molecule is N#Cc1ccc([C@H](NCC(F)(F)F)[C@H](O)c2cccnc2-c2cc(Cl)cc(Cl)c2)cc1. The van der Waals surface area contributed by atoms with Gasteiger partial charge in [0.1, 0.15) is 6.10 Å². The molecule has 0 aliphatic carbocycles. The van der Waals surface area contributed by atoms with Gasteiger partial charge in [-0.3, -0.25) is 10.3 Å². The number of benzene rings is 2. The Kier molecular flexibility index (Phi) is 7.19. The molecule has 1 aromatic heterocycles. The molecule has 0 saturated carbocycles. The van der Waals surface area contributed by atoms with E-state index in [9.17, 15) is 18.3 Å². The van der Waals surface area contributed by atoms with Crippen molar-refractivity contribution in [3.8, 4) is 17.3 Å². The van der Waals surface area contributed by atoms with Crippen LogP contribution in [0.15, 0.2) is 60.8 Å². The van der Waals surface area contributed by atoms with Gasteiger partial charge in [0, 0.05) is 27.4 Å². The summed E-state index contributed by atoms with van der Waals surface area (Å²) in [6.07, 6.45) is -4.38. The van der Waals surface area contributed by atoms with Crippen LogP contribution in [0.25, 0.3) is 11.3 Å². The van der Waals surface area contributed by atoms with Crippen molar-refractivity contribution >= 4 is 23.2 Å². The zero-order valence-corrected chi connectivity index (χ0v) is 17.4. The van der Waals surface area contributed by atoms with Crippen LogP contribution in [0.5, 0.6) is 0 Å². The second-order valence-corrected chi connectivity index (χ2v) is 7.62. The first-order chi connectivity index (χ1) is 14.7. The highest BCUT2D eigenvalue weighted by molar-refractivity contribution is 6.35. The van der Waals surface area contributed by atoms with Gasteiger partial charge < -0.3 is 5.11 Å². The van der Waals surface area contributed by atoms with Crippen LogP contribution < -0.4 is 5.32 Å². The Hall–Kier alpha value is -2.63. The lowest BCUT2D eigenvalue weighted by Crippen LogP contribution is -2.35. The van der Waals surface area contributed by atoms with Crippen LogP contribution in [0, 0.1) is 11.3 Å². The number of aromatic nitrogens is 1. The minimum Gasteiger partial charge on any atom is -0.386 e. The normalized spacial score (nSPS) is 13.5. The van der Waals surface area contributed by atoms with Crippen LogP contribution in [-0.4, -0.2) is 22.8 Å². The van der Waals surface area contributed by atoms with Crippen LogP contribution >= 0.6 is 23.2 Å². The molecule has 0 bridgehead atoms. The van der Waals surface area contributed by atoms with E-state index in [0.29, 0.717) is 38.0 Å². The summed E-state index contributed by atoms with van der Waals surface area (Å²) in [6.45, 7) is -1.31. The predicted octanol–water partition coefficient (Wildman–Crippen LogP) is 5.85. The van der Waals surface area contributed by atoms with Gasteiger partial charge in [-0.2, -0.15) is 18.4 Å². The van der Waals surface area contributed by atoms with Crippen molar-refractivity contribution < 1.29 is 18.3 Å². The molecule has 31 heavy (non-hydrogen) atoms. The summed E-state index contributed by atoms with van der Waals surface area (Å²) in [7, 11) is 0. The van der Waals surface area contributed by atoms with Crippen LogP contribution in [0.1, 0.15) is 28.8 Å². The van der Waals surface area contributed by atoms with Gasteiger partial charge in [-0.1, -0.05) is 41.4 Å². The van der Waals surface area contributed by atoms with Crippen molar-refractivity contribution in [1.29, 1.82) is 5.26 Å². The van der Waals surface area contributed by atoms with E-state index in [1.807, 2.05) is 6.07 Å². The summed E-state index contributed by atoms with van der Waals surface area (Å²) < 4.78 is 38.8. The first-order valence-electron chi connectivity index (χ1n) is 9.07. The number of nitrogens with one attached hydrogen (secondary N) is 1. The minimum absolute atomic E-state index is 0.296. The molecule has 3 aromatic rings. The molecule has 160 valence electrons. The number of hydrogen-bond acceptors (Lipinski definition) is 4. The van der Waals surface area contributed by atoms with Gasteiger partial charge in [0.15, 0.2) is 0 Å². The number of nitrogens with zero attached hydrogens (tertiary/aromatic N) is 2. The summed E-state index contributed by atoms with van der Waals surface area (Å²) >= 11 is 12.2. The Bertz CT molecular complexity index is 1080. The van der Waals surface area contributed by atoms with Gasteiger partial charge in [0.05, 0.1) is 29.9 Å². The summed E-state index contributed by atoms with van der Waals surface area (Å²) in [4.78, 5) is 4.29. The van der Waals surface area contributed by atoms with Crippen LogP contribution in [0.2, 0.25) is 10.0 Å². The molecule has 0 radical (unpaired) electrons. The van der Waals surface area contributed by atoms with E-state index < -0.39 is 24.9 Å². The second-order valence-electron chi connectivity index (χ2n) is 6.75. The minimum atomic E-state index is -4.48. The molecule has 0 amide bonds. The maximum atomic E-state index is 12.9. The van der Waals surface area contributed by atoms with Gasteiger partial charge in [-0.05, 0) is 42.0 Å². The molecule has 0 spiro atoms. The van der Waals surface area contributed by atoms with Crippen LogP contribution in [0.3, 0.4) is 0 Å². The standard InChI is InChI=1S/C22H16Cl2F3N3O/c23-16-8-15(9-17(24)10-16)19-18(2-1-7-29-19)21(31)20(30-12-22(25,26)27)14-5-3-13(11-28)4-6-14/h1-10,20-21,30-31H,12H2/t20-,21+/m0/s1. The average molecular weight is 466 g/mol. The molecule has 0 saturated heterocycles. The molecule has 2 atom stereocenters.